The molecule has 11 heteroatoms. The number of rotatable bonds is 7. The zero-order chi connectivity index (χ0) is 26.9. The Morgan fingerprint density at radius 2 is 1.64 bits per heavy atom. The van der Waals surface area contributed by atoms with E-state index in [1.54, 1.807) is 18.2 Å². The van der Waals surface area contributed by atoms with E-state index in [4.69, 9.17) is 11.0 Å². The molecule has 0 aromatic heterocycles. The molecule has 0 radical (unpaired) electrons. The van der Waals surface area contributed by atoms with Crippen LogP contribution in [0.1, 0.15) is 40.0 Å². The average Bonchev–Trinajstić information content (AvgIpc) is 2.80. The largest absolute Gasteiger partial charge is 0.508 e. The lowest BCUT2D eigenvalue weighted by atomic mass is 9.92. The maximum Gasteiger partial charge on any atom is 0.417 e. The van der Waals surface area contributed by atoms with Gasteiger partial charge in [-0.3, -0.25) is 4.79 Å². The molecule has 3 rings (SSSR count). The number of hydrogen-bond donors (Lipinski definition) is 3. The van der Waals surface area contributed by atoms with Crippen LogP contribution < -0.4 is 5.73 Å². The van der Waals surface area contributed by atoms with Gasteiger partial charge in [-0.15, -0.1) is 0 Å². The van der Waals surface area contributed by atoms with Crippen molar-refractivity contribution in [3.63, 3.8) is 0 Å². The predicted octanol–water partition coefficient (Wildman–Crippen LogP) is 3.62. The van der Waals surface area contributed by atoms with E-state index in [9.17, 15) is 36.6 Å². The quantitative estimate of drug-likeness (QED) is 0.436. The maximum absolute atomic E-state index is 13.9. The molecule has 1 amide bonds. The van der Waals surface area contributed by atoms with Crippen LogP contribution in [0.25, 0.3) is 0 Å². The Balaban J connectivity index is 2.28. The van der Waals surface area contributed by atoms with Gasteiger partial charge in [0.2, 0.25) is 0 Å². The number of carbonyl (C=O) groups is 1. The number of nitrogens with two attached hydrogens (primary N) is 1. The van der Waals surface area contributed by atoms with Gasteiger partial charge < -0.3 is 15.9 Å². The first kappa shape index (κ1) is 26.7. The Morgan fingerprint density at radius 3 is 2.19 bits per heavy atom. The number of nitriles is 1. The zero-order valence-corrected chi connectivity index (χ0v) is 19.6. The molecule has 0 aliphatic carbocycles. The number of hydrogen-bond acceptors (Lipinski definition) is 6. The fraction of sp³-hybridized carbons (Fsp3) is 0.200. The summed E-state index contributed by atoms with van der Waals surface area (Å²) >= 11 is 0. The normalized spacial score (nSPS) is 14.4. The van der Waals surface area contributed by atoms with E-state index in [-0.39, 0.29) is 22.6 Å². The van der Waals surface area contributed by atoms with E-state index in [1.165, 1.54) is 36.4 Å². The van der Waals surface area contributed by atoms with Gasteiger partial charge in [0.25, 0.3) is 5.91 Å². The average molecular weight is 519 g/mol. The molecule has 0 spiro atoms. The Bertz CT molecular complexity index is 1460. The summed E-state index contributed by atoms with van der Waals surface area (Å²) in [4.78, 5) is 11.8. The molecule has 0 saturated heterocycles. The third kappa shape index (κ3) is 5.05. The van der Waals surface area contributed by atoms with Crippen LogP contribution >= 0.6 is 0 Å². The number of aliphatic hydroxyl groups is 1. The van der Waals surface area contributed by atoms with E-state index in [2.05, 4.69) is 0 Å². The summed E-state index contributed by atoms with van der Waals surface area (Å²) in [5, 5.41) is 27.9. The van der Waals surface area contributed by atoms with E-state index < -0.39 is 49.5 Å². The van der Waals surface area contributed by atoms with Crippen LogP contribution in [0.2, 0.25) is 0 Å². The molecule has 4 N–H and O–H groups in total. The van der Waals surface area contributed by atoms with Crippen LogP contribution in [0.3, 0.4) is 0 Å². The molecule has 0 bridgehead atoms. The summed E-state index contributed by atoms with van der Waals surface area (Å²) in [6.07, 6.45) is -5.09. The van der Waals surface area contributed by atoms with Crippen molar-refractivity contribution < 1.29 is 36.6 Å². The van der Waals surface area contributed by atoms with Gasteiger partial charge in [-0.1, -0.05) is 42.5 Å². The summed E-state index contributed by atoms with van der Waals surface area (Å²) in [7, 11) is -4.78. The van der Waals surface area contributed by atoms with Crippen molar-refractivity contribution in [1.82, 2.24) is 0 Å². The minimum atomic E-state index is -5.02. The van der Waals surface area contributed by atoms with Crippen molar-refractivity contribution in [3.8, 4) is 11.8 Å². The third-order valence-electron chi connectivity index (χ3n) is 5.74. The molecule has 0 saturated carbocycles. The van der Waals surface area contributed by atoms with E-state index in [0.29, 0.717) is 11.6 Å². The van der Waals surface area contributed by atoms with Gasteiger partial charge in [0, 0.05) is 6.42 Å². The summed E-state index contributed by atoms with van der Waals surface area (Å²) in [6, 6.07) is 15.2. The number of sulfone groups is 1. The minimum absolute atomic E-state index is 0.0747. The van der Waals surface area contributed by atoms with Crippen LogP contribution in [0.4, 0.5) is 13.2 Å². The van der Waals surface area contributed by atoms with E-state index in [1.807, 2.05) is 0 Å². The molecule has 188 valence electrons. The van der Waals surface area contributed by atoms with Gasteiger partial charge in [0.15, 0.2) is 15.4 Å². The standard InChI is InChI=1S/C25H21F3N2O5S/c1-24(33,23(30)32)22(17-10-11-18(14-29)19(13-17)25(26,27)28)36(34,35)21-9-5-3-7-16(21)12-15-6-2-4-8-20(15)31/h2-11,13,22,31,33H,12H2,1H3,(H2,30,32). The number of para-hydroxylation sites is 1. The second-order valence-corrected chi connectivity index (χ2v) is 10.3. The zero-order valence-electron chi connectivity index (χ0n) is 18.8. The first-order valence-corrected chi connectivity index (χ1v) is 12.0. The van der Waals surface area contributed by atoms with Gasteiger partial charge >= 0.3 is 6.18 Å². The molecule has 3 aromatic carbocycles. The number of nitrogens with zero attached hydrogens (tertiary/aromatic N) is 1. The molecule has 0 aliphatic heterocycles. The summed E-state index contributed by atoms with van der Waals surface area (Å²) in [6.45, 7) is 0.800. The fourth-order valence-electron chi connectivity index (χ4n) is 3.91. The predicted molar refractivity (Wildman–Crippen MR) is 123 cm³/mol. The Hall–Kier alpha value is -3.88. The van der Waals surface area contributed by atoms with Crippen LogP contribution in [-0.4, -0.2) is 30.1 Å². The van der Waals surface area contributed by atoms with Crippen LogP contribution in [0.5, 0.6) is 5.75 Å². The van der Waals surface area contributed by atoms with Crippen molar-refractivity contribution in [3.05, 3.63) is 94.5 Å². The molecular weight excluding hydrogens is 497 g/mol. The van der Waals surface area contributed by atoms with Gasteiger partial charge in [-0.25, -0.2) is 8.42 Å². The number of primary amides is 1. The Morgan fingerprint density at radius 1 is 1.06 bits per heavy atom. The highest BCUT2D eigenvalue weighted by molar-refractivity contribution is 7.91. The fourth-order valence-corrected chi connectivity index (χ4v) is 6.17. The molecule has 0 fully saturated rings. The lowest BCUT2D eigenvalue weighted by molar-refractivity contribution is -0.137. The first-order valence-electron chi connectivity index (χ1n) is 10.4. The molecule has 2 atom stereocenters. The molecule has 36 heavy (non-hydrogen) atoms. The maximum atomic E-state index is 13.9. The third-order valence-corrected chi connectivity index (χ3v) is 8.11. The Labute approximate surface area is 205 Å². The number of aromatic hydroxyl groups is 1. The second kappa shape index (κ2) is 9.64. The summed E-state index contributed by atoms with van der Waals surface area (Å²) in [5.41, 5.74) is 0.211. The van der Waals surface area contributed by atoms with Gasteiger partial charge in [-0.05, 0) is 47.9 Å². The molecule has 7 nitrogen and oxygen atoms in total. The van der Waals surface area contributed by atoms with Crippen LogP contribution in [0, 0.1) is 11.3 Å². The summed E-state index contributed by atoms with van der Waals surface area (Å²) in [5.74, 6) is -1.58. The molecule has 0 heterocycles. The van der Waals surface area contributed by atoms with Crippen molar-refractivity contribution in [2.45, 2.75) is 35.3 Å². The van der Waals surface area contributed by atoms with Crippen LogP contribution in [-0.2, 0) is 27.2 Å². The molecule has 3 aromatic rings. The van der Waals surface area contributed by atoms with Gasteiger partial charge in [-0.2, -0.15) is 18.4 Å². The molecular formula is C25H21F3N2O5S. The molecule has 2 unspecified atom stereocenters. The highest BCUT2D eigenvalue weighted by Crippen LogP contribution is 2.42. The van der Waals surface area contributed by atoms with Crippen LogP contribution in [0.15, 0.2) is 71.6 Å². The van der Waals surface area contributed by atoms with Crippen molar-refractivity contribution in [2.24, 2.45) is 5.73 Å². The van der Waals surface area contributed by atoms with Crippen molar-refractivity contribution in [2.75, 3.05) is 0 Å². The monoisotopic (exact) mass is 518 g/mol. The number of amides is 1. The number of phenolic OH excluding ortho intramolecular Hbond substituents is 1. The topological polar surface area (TPSA) is 141 Å². The van der Waals surface area contributed by atoms with Crippen molar-refractivity contribution in [1.29, 1.82) is 5.26 Å². The number of benzene rings is 3. The Kier molecular flexibility index (Phi) is 7.15. The minimum Gasteiger partial charge on any atom is -0.508 e. The van der Waals surface area contributed by atoms with E-state index >= 15 is 0 Å². The SMILES string of the molecule is CC(O)(C(N)=O)C(c1ccc(C#N)c(C(F)(F)F)c1)S(=O)(=O)c1ccccc1Cc1ccccc1O. The second-order valence-electron chi connectivity index (χ2n) is 8.26. The lowest BCUT2D eigenvalue weighted by Gasteiger charge is -2.31. The summed E-state index contributed by atoms with van der Waals surface area (Å²) < 4.78 is 68.7. The first-order chi connectivity index (χ1) is 16.7. The van der Waals surface area contributed by atoms with Crippen molar-refractivity contribution >= 4 is 15.7 Å². The number of carbonyl (C=O) groups excluding carboxylic acids is 1. The number of halogens is 3. The van der Waals surface area contributed by atoms with E-state index in [0.717, 1.165) is 19.1 Å². The van der Waals surface area contributed by atoms with Gasteiger partial charge in [0.1, 0.15) is 11.0 Å². The molecule has 0 aliphatic rings. The number of alkyl halides is 3. The van der Waals surface area contributed by atoms with Gasteiger partial charge in [0.05, 0.1) is 22.1 Å². The lowest BCUT2D eigenvalue weighted by Crippen LogP contribution is -2.49. The smallest absolute Gasteiger partial charge is 0.417 e. The number of phenols is 1. The highest BCUT2D eigenvalue weighted by Gasteiger charge is 2.49. The highest BCUT2D eigenvalue weighted by atomic mass is 32.2.